The number of carbonyl (C=O) groups excluding carboxylic acids is 2. The second kappa shape index (κ2) is 11.2. The molecule has 200 valence electrons. The third-order valence-corrected chi connectivity index (χ3v) is 5.51. The summed E-state index contributed by atoms with van der Waals surface area (Å²) in [5.41, 5.74) is -2.26. The molecule has 0 radical (unpaired) electrons. The van der Waals surface area contributed by atoms with E-state index in [0.717, 1.165) is 30.3 Å². The Morgan fingerprint density at radius 1 is 0.763 bits per heavy atom. The molecule has 3 rings (SSSR count). The number of rotatable bonds is 6. The molecule has 0 atom stereocenters. The van der Waals surface area contributed by atoms with E-state index in [0.29, 0.717) is 17.8 Å². The molecule has 5 nitrogen and oxygen atoms in total. The van der Waals surface area contributed by atoms with Crippen LogP contribution in [0.3, 0.4) is 0 Å². The third-order valence-electron chi connectivity index (χ3n) is 5.19. The number of anilines is 3. The van der Waals surface area contributed by atoms with Gasteiger partial charge in [-0.15, -0.1) is 0 Å². The fraction of sp³-hybridized carbons (Fsp3) is 0.154. The number of alkyl halides is 6. The summed E-state index contributed by atoms with van der Waals surface area (Å²) in [6, 6.07) is 12.2. The second-order valence-corrected chi connectivity index (χ2v) is 8.63. The van der Waals surface area contributed by atoms with Gasteiger partial charge in [0.2, 0.25) is 0 Å². The zero-order chi connectivity index (χ0) is 28.3. The number of nitrogens with one attached hydrogen (secondary N) is 2. The number of carbonyl (C=O) groups is 2. The second-order valence-electron chi connectivity index (χ2n) is 8.22. The Kier molecular flexibility index (Phi) is 8.41. The lowest BCUT2D eigenvalue weighted by atomic mass is 10.1. The Labute approximate surface area is 218 Å². The summed E-state index contributed by atoms with van der Waals surface area (Å²) in [6.07, 6.45) is -8.27. The highest BCUT2D eigenvalue weighted by molar-refractivity contribution is 6.34. The lowest BCUT2D eigenvalue weighted by Gasteiger charge is -2.15. The summed E-state index contributed by atoms with van der Waals surface area (Å²) in [4.78, 5) is 27.9. The van der Waals surface area contributed by atoms with Crippen molar-refractivity contribution in [3.63, 3.8) is 0 Å². The van der Waals surface area contributed by atoms with E-state index in [4.69, 9.17) is 11.6 Å². The molecule has 0 spiro atoms. The lowest BCUT2D eigenvalue weighted by molar-refractivity contribution is -0.138. The van der Waals surface area contributed by atoms with Gasteiger partial charge in [0, 0.05) is 36.2 Å². The summed E-state index contributed by atoms with van der Waals surface area (Å²) in [6.45, 7) is 0. The topological polar surface area (TPSA) is 61.4 Å². The zero-order valence-corrected chi connectivity index (χ0v) is 20.6. The summed E-state index contributed by atoms with van der Waals surface area (Å²) in [5, 5.41) is 4.60. The number of nitrogens with zero attached hydrogens (tertiary/aromatic N) is 1. The molecule has 0 aliphatic carbocycles. The Morgan fingerprint density at radius 2 is 1.24 bits per heavy atom. The first-order chi connectivity index (χ1) is 17.6. The van der Waals surface area contributed by atoms with Gasteiger partial charge in [0.05, 0.1) is 11.1 Å². The van der Waals surface area contributed by atoms with Crippen LogP contribution in [0.1, 0.15) is 16.7 Å². The fourth-order valence-corrected chi connectivity index (χ4v) is 3.47. The van der Waals surface area contributed by atoms with Crippen molar-refractivity contribution >= 4 is 46.6 Å². The first-order valence-electron chi connectivity index (χ1n) is 10.8. The lowest BCUT2D eigenvalue weighted by Crippen LogP contribution is -2.25. The van der Waals surface area contributed by atoms with Gasteiger partial charge in [-0.25, -0.2) is 0 Å². The van der Waals surface area contributed by atoms with Crippen molar-refractivity contribution in [1.29, 1.82) is 0 Å². The quantitative estimate of drug-likeness (QED) is 0.148. The fourth-order valence-electron chi connectivity index (χ4n) is 3.24. The molecule has 2 amide bonds. The predicted molar refractivity (Wildman–Crippen MR) is 134 cm³/mol. The average molecular weight is 556 g/mol. The van der Waals surface area contributed by atoms with E-state index in [1.54, 1.807) is 31.1 Å². The number of hydrogen-bond donors (Lipinski definition) is 2. The maximum atomic E-state index is 13.1. The van der Waals surface area contributed by atoms with Gasteiger partial charge in [0.15, 0.2) is 0 Å². The van der Waals surface area contributed by atoms with Crippen molar-refractivity contribution in [2.45, 2.75) is 12.4 Å². The molecule has 0 aliphatic rings. The molecule has 0 fully saturated rings. The molecule has 0 unspecified atom stereocenters. The van der Waals surface area contributed by atoms with Gasteiger partial charge in [0.1, 0.15) is 5.57 Å². The molecule has 0 bridgehead atoms. The van der Waals surface area contributed by atoms with Crippen molar-refractivity contribution in [3.8, 4) is 0 Å². The highest BCUT2D eigenvalue weighted by atomic mass is 35.5. The van der Waals surface area contributed by atoms with Crippen LogP contribution in [0, 0.1) is 0 Å². The Bertz CT molecular complexity index is 1310. The smallest absolute Gasteiger partial charge is 0.378 e. The van der Waals surface area contributed by atoms with Crippen LogP contribution in [0.25, 0.3) is 6.08 Å². The molecule has 0 saturated heterocycles. The molecule has 0 aromatic heterocycles. The first-order valence-corrected chi connectivity index (χ1v) is 11.2. The van der Waals surface area contributed by atoms with E-state index in [9.17, 15) is 35.9 Å². The monoisotopic (exact) mass is 555 g/mol. The highest BCUT2D eigenvalue weighted by Crippen LogP contribution is 2.32. The summed E-state index contributed by atoms with van der Waals surface area (Å²) >= 11 is 6.30. The minimum Gasteiger partial charge on any atom is -0.378 e. The van der Waals surface area contributed by atoms with Gasteiger partial charge in [-0.2, -0.15) is 26.3 Å². The minimum atomic E-state index is -4.68. The van der Waals surface area contributed by atoms with E-state index in [-0.39, 0.29) is 22.0 Å². The van der Waals surface area contributed by atoms with E-state index >= 15 is 0 Å². The molecule has 0 saturated carbocycles. The van der Waals surface area contributed by atoms with Crippen LogP contribution in [0.15, 0.2) is 72.3 Å². The van der Waals surface area contributed by atoms with E-state index in [2.05, 4.69) is 10.6 Å². The van der Waals surface area contributed by atoms with Crippen LogP contribution >= 0.6 is 11.6 Å². The normalized spacial score (nSPS) is 11.5. The molecular formula is C26H20ClF6N3O2. The van der Waals surface area contributed by atoms with Crippen LogP contribution in [-0.2, 0) is 21.9 Å². The number of hydrogen-bond acceptors (Lipinski definition) is 3. The maximum absolute atomic E-state index is 13.1. The van der Waals surface area contributed by atoms with Crippen molar-refractivity contribution in [2.75, 3.05) is 29.6 Å². The SMILES string of the molecule is CN(C)c1ccc(C=C(C(=O)Nc2cccc(C(F)(F)F)c2)C(=O)Nc2cccc(C(F)(F)F)c2)c(Cl)c1. The standard InChI is InChI=1S/C26H20ClF6N3O2/c1-36(2)20-10-9-15(22(27)14-20)11-21(23(37)34-18-7-3-5-16(12-18)25(28,29)30)24(38)35-19-8-4-6-17(13-19)26(31,32)33/h3-14H,1-2H3,(H,34,37)(H,35,38). The van der Waals surface area contributed by atoms with Gasteiger partial charge in [-0.05, 0) is 60.2 Å². The maximum Gasteiger partial charge on any atom is 0.416 e. The molecule has 3 aromatic carbocycles. The van der Waals surface area contributed by atoms with Gasteiger partial charge in [0.25, 0.3) is 11.8 Å². The van der Waals surface area contributed by atoms with E-state index < -0.39 is 40.9 Å². The van der Waals surface area contributed by atoms with Crippen LogP contribution < -0.4 is 15.5 Å². The Balaban J connectivity index is 2.00. The van der Waals surface area contributed by atoms with Crippen molar-refractivity contribution < 1.29 is 35.9 Å². The number of amides is 2. The number of halogens is 7. The Hall–Kier alpha value is -3.99. The number of benzene rings is 3. The molecule has 0 aliphatic heterocycles. The molecule has 38 heavy (non-hydrogen) atoms. The van der Waals surface area contributed by atoms with E-state index in [1.165, 1.54) is 18.2 Å². The molecule has 12 heteroatoms. The van der Waals surface area contributed by atoms with Crippen LogP contribution in [0.2, 0.25) is 5.02 Å². The third kappa shape index (κ3) is 7.28. The van der Waals surface area contributed by atoms with Gasteiger partial charge >= 0.3 is 12.4 Å². The molecular weight excluding hydrogens is 536 g/mol. The molecule has 2 N–H and O–H groups in total. The van der Waals surface area contributed by atoms with E-state index in [1.807, 2.05) is 0 Å². The molecule has 3 aromatic rings. The van der Waals surface area contributed by atoms with Crippen molar-refractivity contribution in [1.82, 2.24) is 0 Å². The Morgan fingerprint density at radius 3 is 1.63 bits per heavy atom. The van der Waals surface area contributed by atoms with Crippen LogP contribution in [-0.4, -0.2) is 25.9 Å². The van der Waals surface area contributed by atoms with Crippen molar-refractivity contribution in [2.24, 2.45) is 0 Å². The summed E-state index contributed by atoms with van der Waals surface area (Å²) < 4.78 is 78.5. The highest BCUT2D eigenvalue weighted by Gasteiger charge is 2.32. The van der Waals surface area contributed by atoms with Crippen LogP contribution in [0.5, 0.6) is 0 Å². The minimum absolute atomic E-state index is 0.146. The first kappa shape index (κ1) is 28.6. The largest absolute Gasteiger partial charge is 0.416 e. The average Bonchev–Trinajstić information content (AvgIpc) is 2.82. The van der Waals surface area contributed by atoms with Gasteiger partial charge in [-0.3, -0.25) is 9.59 Å². The molecule has 0 heterocycles. The zero-order valence-electron chi connectivity index (χ0n) is 19.8. The van der Waals surface area contributed by atoms with Gasteiger partial charge < -0.3 is 15.5 Å². The van der Waals surface area contributed by atoms with Crippen molar-refractivity contribution in [3.05, 3.63) is 94.0 Å². The summed E-state index contributed by atoms with van der Waals surface area (Å²) in [5.74, 6) is -2.22. The predicted octanol–water partition coefficient (Wildman–Crippen LogP) is 7.10. The van der Waals surface area contributed by atoms with Gasteiger partial charge in [-0.1, -0.05) is 29.8 Å². The van der Waals surface area contributed by atoms with Crippen LogP contribution in [0.4, 0.5) is 43.4 Å². The summed E-state index contributed by atoms with van der Waals surface area (Å²) in [7, 11) is 3.52.